The summed E-state index contributed by atoms with van der Waals surface area (Å²) >= 11 is 1.16. The van der Waals surface area contributed by atoms with E-state index in [1.807, 2.05) is 45.0 Å². The van der Waals surface area contributed by atoms with Crippen molar-refractivity contribution < 1.29 is 14.3 Å². The Morgan fingerprint density at radius 2 is 1.77 bits per heavy atom. The summed E-state index contributed by atoms with van der Waals surface area (Å²) < 4.78 is 6.85. The van der Waals surface area contributed by atoms with E-state index in [1.54, 1.807) is 31.2 Å². The van der Waals surface area contributed by atoms with Crippen molar-refractivity contribution in [1.29, 1.82) is 0 Å². The van der Waals surface area contributed by atoms with Gasteiger partial charge in [-0.3, -0.25) is 19.0 Å². The fraction of sp³-hybridized carbons (Fsp3) is 0.231. The van der Waals surface area contributed by atoms with E-state index in [-0.39, 0.29) is 30.0 Å². The molecule has 0 fully saturated rings. The Balaban J connectivity index is 1.52. The minimum absolute atomic E-state index is 0.0549. The van der Waals surface area contributed by atoms with Crippen molar-refractivity contribution >= 4 is 44.7 Å². The normalized spacial score (nSPS) is 11.0. The second kappa shape index (κ2) is 10.1. The second-order valence-electron chi connectivity index (χ2n) is 8.42. The van der Waals surface area contributed by atoms with Crippen LogP contribution in [0.1, 0.15) is 34.6 Å². The number of hydrogen-bond acceptors (Lipinski definition) is 6. The molecule has 4 rings (SSSR count). The van der Waals surface area contributed by atoms with Crippen molar-refractivity contribution in [2.75, 3.05) is 10.6 Å². The van der Waals surface area contributed by atoms with Crippen molar-refractivity contribution in [3.8, 4) is 5.75 Å². The van der Waals surface area contributed by atoms with Gasteiger partial charge in [-0.05, 0) is 69.2 Å². The molecule has 180 valence electrons. The number of thiophene rings is 1. The van der Waals surface area contributed by atoms with Gasteiger partial charge in [-0.1, -0.05) is 18.2 Å². The zero-order valence-electron chi connectivity index (χ0n) is 19.9. The lowest BCUT2D eigenvalue weighted by Gasteiger charge is -2.11. The number of anilines is 2. The summed E-state index contributed by atoms with van der Waals surface area (Å²) in [4.78, 5) is 43.8. The van der Waals surface area contributed by atoms with Gasteiger partial charge in [-0.2, -0.15) is 0 Å². The third-order valence-electron chi connectivity index (χ3n) is 5.34. The van der Waals surface area contributed by atoms with Gasteiger partial charge >= 0.3 is 0 Å². The Hall–Kier alpha value is -3.98. The van der Waals surface area contributed by atoms with Gasteiger partial charge in [0, 0.05) is 11.4 Å². The quantitative estimate of drug-likeness (QED) is 0.389. The van der Waals surface area contributed by atoms with Crippen LogP contribution in [0.4, 0.5) is 11.4 Å². The molecule has 0 spiro atoms. The second-order valence-corrected chi connectivity index (χ2v) is 9.42. The third kappa shape index (κ3) is 5.41. The van der Waals surface area contributed by atoms with Crippen LogP contribution in [0.3, 0.4) is 0 Å². The number of ether oxygens (including phenoxy) is 1. The molecule has 9 heteroatoms. The largest absolute Gasteiger partial charge is 0.491 e. The van der Waals surface area contributed by atoms with Crippen LogP contribution in [0.5, 0.6) is 5.75 Å². The highest BCUT2D eigenvalue weighted by Crippen LogP contribution is 2.28. The number of nitrogens with zero attached hydrogens (tertiary/aromatic N) is 2. The Morgan fingerprint density at radius 1 is 1.06 bits per heavy atom. The summed E-state index contributed by atoms with van der Waals surface area (Å²) in [5.74, 6) is 0.0450. The maximum Gasteiger partial charge on any atom is 0.266 e. The molecule has 2 amide bonds. The molecule has 35 heavy (non-hydrogen) atoms. The Kier molecular flexibility index (Phi) is 6.97. The maximum absolute atomic E-state index is 13.1. The van der Waals surface area contributed by atoms with Crippen LogP contribution in [-0.4, -0.2) is 27.5 Å². The summed E-state index contributed by atoms with van der Waals surface area (Å²) in [5, 5.41) is 6.01. The number of aromatic nitrogens is 2. The van der Waals surface area contributed by atoms with Gasteiger partial charge in [0.1, 0.15) is 17.1 Å². The zero-order valence-corrected chi connectivity index (χ0v) is 20.7. The standard InChI is InChI=1S/C26H26N4O4S/c1-15(2)34-19-11-9-18(10-12-19)28-21(31)13-30-14-27-25-22(26(30)33)17(4)23(35-25)24(32)29-20-8-6-5-7-16(20)3/h5-12,14-15H,13H2,1-4H3,(H,28,31)(H,29,32). The van der Waals surface area contributed by atoms with E-state index in [2.05, 4.69) is 15.6 Å². The van der Waals surface area contributed by atoms with Gasteiger partial charge in [-0.15, -0.1) is 11.3 Å². The smallest absolute Gasteiger partial charge is 0.266 e. The van der Waals surface area contributed by atoms with Gasteiger partial charge in [0.15, 0.2) is 0 Å². The summed E-state index contributed by atoms with van der Waals surface area (Å²) in [6, 6.07) is 14.5. The molecule has 0 atom stereocenters. The number of benzene rings is 2. The average Bonchev–Trinajstić information content (AvgIpc) is 3.15. The predicted octanol–water partition coefficient (Wildman–Crippen LogP) is 4.75. The van der Waals surface area contributed by atoms with Gasteiger partial charge < -0.3 is 15.4 Å². The molecular formula is C26H26N4O4S. The lowest BCUT2D eigenvalue weighted by atomic mass is 10.2. The number of carbonyl (C=O) groups excluding carboxylic acids is 2. The summed E-state index contributed by atoms with van der Waals surface area (Å²) in [7, 11) is 0. The molecule has 4 aromatic rings. The van der Waals surface area contributed by atoms with Crippen LogP contribution >= 0.6 is 11.3 Å². The number of aryl methyl sites for hydroxylation is 2. The topological polar surface area (TPSA) is 102 Å². The van der Waals surface area contributed by atoms with E-state index in [1.165, 1.54) is 10.9 Å². The molecule has 2 aromatic carbocycles. The Labute approximate surface area is 206 Å². The van der Waals surface area contributed by atoms with Crippen LogP contribution in [0.2, 0.25) is 0 Å². The fourth-order valence-electron chi connectivity index (χ4n) is 3.62. The van der Waals surface area contributed by atoms with E-state index in [0.29, 0.717) is 37.8 Å². The first-order chi connectivity index (χ1) is 16.7. The number of nitrogens with one attached hydrogen (secondary N) is 2. The average molecular weight is 491 g/mol. The highest BCUT2D eigenvalue weighted by atomic mass is 32.1. The molecule has 0 unspecified atom stereocenters. The maximum atomic E-state index is 13.1. The molecule has 2 heterocycles. The fourth-order valence-corrected chi connectivity index (χ4v) is 4.66. The number of fused-ring (bicyclic) bond motifs is 1. The first-order valence-electron chi connectivity index (χ1n) is 11.1. The van der Waals surface area contributed by atoms with Gasteiger partial charge in [-0.25, -0.2) is 4.98 Å². The summed E-state index contributed by atoms with van der Waals surface area (Å²) in [6.07, 6.45) is 1.39. The van der Waals surface area contributed by atoms with Crippen molar-refractivity contribution in [2.45, 2.75) is 40.3 Å². The summed E-state index contributed by atoms with van der Waals surface area (Å²) in [6.45, 7) is 7.30. The Bertz CT molecular complexity index is 1450. The minimum Gasteiger partial charge on any atom is -0.491 e. The molecule has 0 saturated carbocycles. The molecule has 2 N–H and O–H groups in total. The number of amides is 2. The first-order valence-corrected chi connectivity index (χ1v) is 12.0. The van der Waals surface area contributed by atoms with Crippen LogP contribution in [0.15, 0.2) is 59.7 Å². The van der Waals surface area contributed by atoms with Crippen molar-refractivity contribution in [1.82, 2.24) is 9.55 Å². The van der Waals surface area contributed by atoms with E-state index < -0.39 is 0 Å². The van der Waals surface area contributed by atoms with Crippen LogP contribution in [-0.2, 0) is 11.3 Å². The van der Waals surface area contributed by atoms with Crippen molar-refractivity contribution in [3.05, 3.63) is 81.2 Å². The van der Waals surface area contributed by atoms with E-state index in [4.69, 9.17) is 4.74 Å². The first kappa shape index (κ1) is 24.2. The van der Waals surface area contributed by atoms with Crippen LogP contribution in [0.25, 0.3) is 10.2 Å². The Morgan fingerprint density at radius 3 is 2.46 bits per heavy atom. The van der Waals surface area contributed by atoms with Gasteiger partial charge in [0.05, 0.1) is 22.7 Å². The molecule has 0 aliphatic carbocycles. The van der Waals surface area contributed by atoms with E-state index >= 15 is 0 Å². The number of para-hydroxylation sites is 1. The highest BCUT2D eigenvalue weighted by molar-refractivity contribution is 7.20. The zero-order chi connectivity index (χ0) is 25.1. The minimum atomic E-state index is -0.366. The molecule has 8 nitrogen and oxygen atoms in total. The molecule has 0 aliphatic rings. The predicted molar refractivity (Wildman–Crippen MR) is 139 cm³/mol. The SMILES string of the molecule is Cc1ccccc1NC(=O)c1sc2ncn(CC(=O)Nc3ccc(OC(C)C)cc3)c(=O)c2c1C. The van der Waals surface area contributed by atoms with Crippen molar-refractivity contribution in [2.24, 2.45) is 0 Å². The van der Waals surface area contributed by atoms with E-state index in [0.717, 1.165) is 16.9 Å². The lowest BCUT2D eigenvalue weighted by Crippen LogP contribution is -2.28. The van der Waals surface area contributed by atoms with Gasteiger partial charge in [0.25, 0.3) is 11.5 Å². The molecule has 0 aliphatic heterocycles. The molecule has 0 bridgehead atoms. The van der Waals surface area contributed by atoms with Crippen LogP contribution in [0, 0.1) is 13.8 Å². The van der Waals surface area contributed by atoms with E-state index in [9.17, 15) is 14.4 Å². The highest BCUT2D eigenvalue weighted by Gasteiger charge is 2.20. The molecule has 0 radical (unpaired) electrons. The number of rotatable bonds is 7. The van der Waals surface area contributed by atoms with Crippen LogP contribution < -0.4 is 20.9 Å². The number of carbonyl (C=O) groups is 2. The molecule has 0 saturated heterocycles. The molecule has 2 aromatic heterocycles. The van der Waals surface area contributed by atoms with Crippen molar-refractivity contribution in [3.63, 3.8) is 0 Å². The third-order valence-corrected chi connectivity index (χ3v) is 6.54. The van der Waals surface area contributed by atoms with Gasteiger partial charge in [0.2, 0.25) is 5.91 Å². The number of hydrogen-bond donors (Lipinski definition) is 2. The monoisotopic (exact) mass is 490 g/mol. The lowest BCUT2D eigenvalue weighted by molar-refractivity contribution is -0.116. The molecular weight excluding hydrogens is 464 g/mol. The summed E-state index contributed by atoms with van der Waals surface area (Å²) in [5.41, 5.74) is 2.42.